The molecule has 1 unspecified atom stereocenters. The summed E-state index contributed by atoms with van der Waals surface area (Å²) in [5.41, 5.74) is -0.928. The molecule has 2 fully saturated rings. The summed E-state index contributed by atoms with van der Waals surface area (Å²) < 4.78 is 0. The van der Waals surface area contributed by atoms with Crippen LogP contribution in [0.4, 0.5) is 0 Å². The van der Waals surface area contributed by atoms with Crippen molar-refractivity contribution >= 4 is 11.9 Å². The number of carboxylic acid groups (broad SMARTS) is 1. The Morgan fingerprint density at radius 1 is 1.44 bits per heavy atom. The fraction of sp³-hybridized carbons (Fsp3) is 0.846. The van der Waals surface area contributed by atoms with Crippen LogP contribution in [-0.4, -0.2) is 47.1 Å². The number of amides is 1. The first-order valence-electron chi connectivity index (χ1n) is 6.84. The monoisotopic (exact) mass is 254 g/mol. The van der Waals surface area contributed by atoms with Gasteiger partial charge in [-0.2, -0.15) is 0 Å². The number of carboxylic acids is 1. The third-order valence-corrected chi connectivity index (χ3v) is 4.18. The summed E-state index contributed by atoms with van der Waals surface area (Å²) in [4.78, 5) is 25.5. The average molecular weight is 254 g/mol. The number of nitrogens with zero attached hydrogens (tertiary/aromatic N) is 1. The number of hydrogen-bond donors (Lipinski definition) is 2. The number of hydrogen-bond acceptors (Lipinski definition) is 3. The molecule has 0 aromatic rings. The van der Waals surface area contributed by atoms with Gasteiger partial charge < -0.3 is 15.3 Å². The minimum atomic E-state index is -0.928. The standard InChI is InChI=1S/C13H22N2O3/c1-2-4-13(12(17)18)5-3-6-15(13)11(16)7-10-8-14-9-10/h10,14H,2-9H2,1H3,(H,17,18). The van der Waals surface area contributed by atoms with Gasteiger partial charge in [0.15, 0.2) is 0 Å². The van der Waals surface area contributed by atoms with Gasteiger partial charge in [0, 0.05) is 13.0 Å². The second-order valence-electron chi connectivity index (χ2n) is 5.46. The molecule has 2 N–H and O–H groups in total. The van der Waals surface area contributed by atoms with Crippen molar-refractivity contribution in [1.82, 2.24) is 10.2 Å². The highest BCUT2D eigenvalue weighted by Gasteiger charge is 2.49. The fourth-order valence-electron chi connectivity index (χ4n) is 3.09. The van der Waals surface area contributed by atoms with Crippen molar-refractivity contribution in [2.75, 3.05) is 19.6 Å². The summed E-state index contributed by atoms with van der Waals surface area (Å²) in [6, 6.07) is 0. The molecule has 2 saturated heterocycles. The summed E-state index contributed by atoms with van der Waals surface area (Å²) >= 11 is 0. The predicted octanol–water partition coefficient (Wildman–Crippen LogP) is 0.842. The highest BCUT2D eigenvalue weighted by molar-refractivity contribution is 5.88. The van der Waals surface area contributed by atoms with Gasteiger partial charge in [0.05, 0.1) is 0 Å². The van der Waals surface area contributed by atoms with E-state index >= 15 is 0 Å². The Balaban J connectivity index is 2.08. The minimum Gasteiger partial charge on any atom is -0.479 e. The molecule has 0 aliphatic carbocycles. The topological polar surface area (TPSA) is 69.6 Å². The molecule has 1 atom stereocenters. The van der Waals surface area contributed by atoms with Crippen molar-refractivity contribution in [3.63, 3.8) is 0 Å². The van der Waals surface area contributed by atoms with Crippen LogP contribution in [0.25, 0.3) is 0 Å². The lowest BCUT2D eigenvalue weighted by Crippen LogP contribution is -2.54. The summed E-state index contributed by atoms with van der Waals surface area (Å²) in [6.45, 7) is 4.34. The van der Waals surface area contributed by atoms with Crippen LogP contribution in [0.5, 0.6) is 0 Å². The first-order chi connectivity index (χ1) is 8.60. The van der Waals surface area contributed by atoms with E-state index in [0.29, 0.717) is 31.7 Å². The Morgan fingerprint density at radius 2 is 2.17 bits per heavy atom. The zero-order valence-electron chi connectivity index (χ0n) is 10.9. The SMILES string of the molecule is CCCC1(C(=O)O)CCCN1C(=O)CC1CNC1. The second-order valence-corrected chi connectivity index (χ2v) is 5.46. The van der Waals surface area contributed by atoms with E-state index in [1.165, 1.54) is 0 Å². The van der Waals surface area contributed by atoms with Gasteiger partial charge >= 0.3 is 5.97 Å². The van der Waals surface area contributed by atoms with Crippen molar-refractivity contribution in [2.24, 2.45) is 5.92 Å². The molecular formula is C13H22N2O3. The van der Waals surface area contributed by atoms with Crippen LogP contribution in [-0.2, 0) is 9.59 Å². The summed E-state index contributed by atoms with van der Waals surface area (Å²) in [6.07, 6.45) is 3.26. The molecule has 2 heterocycles. The minimum absolute atomic E-state index is 0.0230. The fourth-order valence-corrected chi connectivity index (χ4v) is 3.09. The number of likely N-dealkylation sites (tertiary alicyclic amines) is 1. The molecule has 0 radical (unpaired) electrons. The normalized spacial score (nSPS) is 28.2. The molecule has 18 heavy (non-hydrogen) atoms. The van der Waals surface area contributed by atoms with Gasteiger partial charge in [-0.25, -0.2) is 4.79 Å². The molecule has 0 spiro atoms. The van der Waals surface area contributed by atoms with Crippen LogP contribution < -0.4 is 5.32 Å². The van der Waals surface area contributed by atoms with Crippen molar-refractivity contribution in [1.29, 1.82) is 0 Å². The van der Waals surface area contributed by atoms with Crippen molar-refractivity contribution < 1.29 is 14.7 Å². The molecular weight excluding hydrogens is 232 g/mol. The molecule has 0 saturated carbocycles. The van der Waals surface area contributed by atoms with Crippen molar-refractivity contribution in [3.8, 4) is 0 Å². The molecule has 5 nitrogen and oxygen atoms in total. The van der Waals surface area contributed by atoms with E-state index in [1.807, 2.05) is 6.92 Å². The number of aliphatic carboxylic acids is 1. The maximum absolute atomic E-state index is 12.3. The third kappa shape index (κ3) is 2.23. The summed E-state index contributed by atoms with van der Waals surface area (Å²) in [5.74, 6) is -0.414. The number of nitrogens with one attached hydrogen (secondary N) is 1. The van der Waals surface area contributed by atoms with Gasteiger partial charge in [-0.1, -0.05) is 13.3 Å². The van der Waals surface area contributed by atoms with E-state index in [0.717, 1.165) is 25.9 Å². The molecule has 2 aliphatic rings. The van der Waals surface area contributed by atoms with Crippen molar-refractivity contribution in [2.45, 2.75) is 44.6 Å². The largest absolute Gasteiger partial charge is 0.479 e. The zero-order valence-corrected chi connectivity index (χ0v) is 10.9. The first kappa shape index (κ1) is 13.3. The average Bonchev–Trinajstić information content (AvgIpc) is 2.69. The number of carbonyl (C=O) groups excluding carboxylic acids is 1. The lowest BCUT2D eigenvalue weighted by Gasteiger charge is -2.36. The number of rotatable bonds is 5. The summed E-state index contributed by atoms with van der Waals surface area (Å²) in [5, 5.41) is 12.7. The van der Waals surface area contributed by atoms with Gasteiger partial charge in [-0.3, -0.25) is 4.79 Å². The Labute approximate surface area is 108 Å². The van der Waals surface area contributed by atoms with Gasteiger partial charge in [0.25, 0.3) is 0 Å². The van der Waals surface area contributed by atoms with E-state index in [4.69, 9.17) is 0 Å². The van der Waals surface area contributed by atoms with Crippen LogP contribution >= 0.6 is 0 Å². The molecule has 5 heteroatoms. The molecule has 102 valence electrons. The molecule has 0 bridgehead atoms. The Morgan fingerprint density at radius 3 is 2.67 bits per heavy atom. The highest BCUT2D eigenvalue weighted by atomic mass is 16.4. The predicted molar refractivity (Wildman–Crippen MR) is 67.2 cm³/mol. The van der Waals surface area contributed by atoms with E-state index in [2.05, 4.69) is 5.32 Å². The molecule has 0 aromatic carbocycles. The lowest BCUT2D eigenvalue weighted by molar-refractivity contribution is -0.157. The van der Waals surface area contributed by atoms with E-state index in [1.54, 1.807) is 4.90 Å². The molecule has 2 aliphatic heterocycles. The second kappa shape index (κ2) is 5.26. The van der Waals surface area contributed by atoms with Gasteiger partial charge in [-0.15, -0.1) is 0 Å². The van der Waals surface area contributed by atoms with Crippen LogP contribution in [0.2, 0.25) is 0 Å². The Bertz CT molecular complexity index is 341. The lowest BCUT2D eigenvalue weighted by atomic mass is 9.89. The van der Waals surface area contributed by atoms with Gasteiger partial charge in [-0.05, 0) is 38.3 Å². The van der Waals surface area contributed by atoms with E-state index in [-0.39, 0.29) is 5.91 Å². The van der Waals surface area contributed by atoms with E-state index < -0.39 is 11.5 Å². The molecule has 1 amide bonds. The van der Waals surface area contributed by atoms with Crippen molar-refractivity contribution in [3.05, 3.63) is 0 Å². The maximum atomic E-state index is 12.3. The summed E-state index contributed by atoms with van der Waals surface area (Å²) in [7, 11) is 0. The number of carbonyl (C=O) groups is 2. The molecule has 2 rings (SSSR count). The van der Waals surface area contributed by atoms with Gasteiger partial charge in [0.1, 0.15) is 5.54 Å². The highest BCUT2D eigenvalue weighted by Crippen LogP contribution is 2.35. The van der Waals surface area contributed by atoms with Crippen LogP contribution in [0.3, 0.4) is 0 Å². The van der Waals surface area contributed by atoms with Crippen LogP contribution in [0.15, 0.2) is 0 Å². The first-order valence-corrected chi connectivity index (χ1v) is 6.84. The van der Waals surface area contributed by atoms with Crippen LogP contribution in [0.1, 0.15) is 39.0 Å². The quantitative estimate of drug-likeness (QED) is 0.763. The molecule has 0 aromatic heterocycles. The maximum Gasteiger partial charge on any atom is 0.329 e. The Hall–Kier alpha value is -1.10. The Kier molecular flexibility index (Phi) is 3.90. The third-order valence-electron chi connectivity index (χ3n) is 4.18. The van der Waals surface area contributed by atoms with Crippen LogP contribution in [0, 0.1) is 5.92 Å². The van der Waals surface area contributed by atoms with E-state index in [9.17, 15) is 14.7 Å². The smallest absolute Gasteiger partial charge is 0.329 e. The zero-order chi connectivity index (χ0) is 13.2. The van der Waals surface area contributed by atoms with Gasteiger partial charge in [0.2, 0.25) is 5.91 Å².